The standard InChI is InChI=1S/C19H21N5O/c1-12-8-9-17(13(2)11-12)24-22-15(4)18(23-24)19(25)21-14(3)16-7-5-6-10-20-16/h5-11,14H,1-4H3,(H,21,25)/t14-/m1/s1. The summed E-state index contributed by atoms with van der Waals surface area (Å²) in [4.78, 5) is 18.4. The number of aryl methyl sites for hydroxylation is 3. The van der Waals surface area contributed by atoms with Crippen molar-refractivity contribution >= 4 is 5.91 Å². The molecule has 0 aliphatic heterocycles. The van der Waals surface area contributed by atoms with Gasteiger partial charge in [-0.2, -0.15) is 9.90 Å². The first-order chi connectivity index (χ1) is 12.0. The van der Waals surface area contributed by atoms with Gasteiger partial charge in [0.25, 0.3) is 5.91 Å². The molecule has 6 nitrogen and oxygen atoms in total. The van der Waals surface area contributed by atoms with E-state index in [9.17, 15) is 4.79 Å². The highest BCUT2D eigenvalue weighted by atomic mass is 16.2. The summed E-state index contributed by atoms with van der Waals surface area (Å²) in [6.07, 6.45) is 1.71. The van der Waals surface area contributed by atoms with Crippen LogP contribution in [0.1, 0.15) is 46.0 Å². The fraction of sp³-hybridized carbons (Fsp3) is 0.263. The number of hydrogen-bond donors (Lipinski definition) is 1. The zero-order valence-electron chi connectivity index (χ0n) is 14.8. The highest BCUT2D eigenvalue weighted by Crippen LogP contribution is 2.16. The number of nitrogens with one attached hydrogen (secondary N) is 1. The zero-order valence-corrected chi connectivity index (χ0v) is 14.8. The number of carbonyl (C=O) groups is 1. The normalized spacial score (nSPS) is 12.0. The van der Waals surface area contributed by atoms with E-state index in [2.05, 4.69) is 26.6 Å². The van der Waals surface area contributed by atoms with Gasteiger partial charge in [-0.1, -0.05) is 23.8 Å². The molecule has 0 aliphatic rings. The van der Waals surface area contributed by atoms with Crippen molar-refractivity contribution in [1.29, 1.82) is 0 Å². The van der Waals surface area contributed by atoms with Crippen molar-refractivity contribution in [1.82, 2.24) is 25.3 Å². The Morgan fingerprint density at radius 1 is 1.12 bits per heavy atom. The van der Waals surface area contributed by atoms with E-state index in [0.717, 1.165) is 16.9 Å². The number of aromatic nitrogens is 4. The molecule has 1 amide bonds. The summed E-state index contributed by atoms with van der Waals surface area (Å²) >= 11 is 0. The average molecular weight is 335 g/mol. The van der Waals surface area contributed by atoms with Crippen molar-refractivity contribution < 1.29 is 4.79 Å². The molecule has 0 radical (unpaired) electrons. The fourth-order valence-corrected chi connectivity index (χ4v) is 2.70. The van der Waals surface area contributed by atoms with Gasteiger partial charge in [0.15, 0.2) is 5.69 Å². The molecule has 0 saturated carbocycles. The molecule has 0 bridgehead atoms. The highest BCUT2D eigenvalue weighted by molar-refractivity contribution is 5.93. The number of nitrogens with zero attached hydrogens (tertiary/aromatic N) is 4. The molecule has 2 aromatic heterocycles. The maximum Gasteiger partial charge on any atom is 0.274 e. The molecular formula is C19H21N5O. The van der Waals surface area contributed by atoms with Crippen LogP contribution in [0.5, 0.6) is 0 Å². The third-order valence-corrected chi connectivity index (χ3v) is 4.04. The topological polar surface area (TPSA) is 72.7 Å². The second-order valence-corrected chi connectivity index (χ2v) is 6.16. The second-order valence-electron chi connectivity index (χ2n) is 6.16. The minimum absolute atomic E-state index is 0.209. The Labute approximate surface area is 146 Å². The Morgan fingerprint density at radius 3 is 2.60 bits per heavy atom. The van der Waals surface area contributed by atoms with Gasteiger partial charge in [-0.05, 0) is 51.5 Å². The molecule has 128 valence electrons. The van der Waals surface area contributed by atoms with Crippen molar-refractivity contribution in [2.24, 2.45) is 0 Å². The first-order valence-corrected chi connectivity index (χ1v) is 8.19. The van der Waals surface area contributed by atoms with Gasteiger partial charge < -0.3 is 5.32 Å². The third-order valence-electron chi connectivity index (χ3n) is 4.04. The molecule has 0 fully saturated rings. The molecular weight excluding hydrogens is 314 g/mol. The average Bonchev–Trinajstić information content (AvgIpc) is 2.97. The Kier molecular flexibility index (Phi) is 4.61. The Balaban J connectivity index is 1.83. The van der Waals surface area contributed by atoms with Gasteiger partial charge in [-0.3, -0.25) is 9.78 Å². The maximum absolute atomic E-state index is 12.6. The lowest BCUT2D eigenvalue weighted by molar-refractivity contribution is 0.0933. The molecule has 1 atom stereocenters. The molecule has 3 rings (SSSR count). The summed E-state index contributed by atoms with van der Waals surface area (Å²) in [7, 11) is 0. The first-order valence-electron chi connectivity index (χ1n) is 8.19. The predicted octanol–water partition coefficient (Wildman–Crippen LogP) is 3.08. The monoisotopic (exact) mass is 335 g/mol. The summed E-state index contributed by atoms with van der Waals surface area (Å²) in [5, 5.41) is 11.7. The van der Waals surface area contributed by atoms with E-state index < -0.39 is 0 Å². The smallest absolute Gasteiger partial charge is 0.274 e. The van der Waals surface area contributed by atoms with E-state index in [4.69, 9.17) is 0 Å². The highest BCUT2D eigenvalue weighted by Gasteiger charge is 2.19. The number of carbonyl (C=O) groups excluding carboxylic acids is 1. The van der Waals surface area contributed by atoms with Gasteiger partial charge in [0.2, 0.25) is 0 Å². The summed E-state index contributed by atoms with van der Waals surface area (Å²) in [5.41, 5.74) is 4.81. The van der Waals surface area contributed by atoms with Gasteiger partial charge in [-0.15, -0.1) is 5.10 Å². The molecule has 0 saturated heterocycles. The molecule has 6 heteroatoms. The predicted molar refractivity (Wildman–Crippen MR) is 95.7 cm³/mol. The van der Waals surface area contributed by atoms with Crippen LogP contribution in [0.15, 0.2) is 42.6 Å². The van der Waals surface area contributed by atoms with Crippen molar-refractivity contribution in [2.75, 3.05) is 0 Å². The van der Waals surface area contributed by atoms with Crippen LogP contribution in [-0.4, -0.2) is 25.9 Å². The lowest BCUT2D eigenvalue weighted by atomic mass is 10.1. The molecule has 3 aromatic rings. The van der Waals surface area contributed by atoms with Crippen LogP contribution < -0.4 is 5.32 Å². The van der Waals surface area contributed by atoms with E-state index in [1.54, 1.807) is 13.1 Å². The van der Waals surface area contributed by atoms with Crippen LogP contribution in [0.4, 0.5) is 0 Å². The number of benzene rings is 1. The van der Waals surface area contributed by atoms with Crippen LogP contribution in [0.3, 0.4) is 0 Å². The summed E-state index contributed by atoms with van der Waals surface area (Å²) in [5.74, 6) is -0.258. The van der Waals surface area contributed by atoms with E-state index in [1.807, 2.05) is 51.1 Å². The van der Waals surface area contributed by atoms with Gasteiger partial charge in [-0.25, -0.2) is 0 Å². The molecule has 0 aliphatic carbocycles. The van der Waals surface area contributed by atoms with E-state index >= 15 is 0 Å². The molecule has 1 N–H and O–H groups in total. The number of amides is 1. The van der Waals surface area contributed by atoms with Crippen molar-refractivity contribution in [2.45, 2.75) is 33.7 Å². The molecule has 25 heavy (non-hydrogen) atoms. The van der Waals surface area contributed by atoms with E-state index in [1.165, 1.54) is 10.4 Å². The second kappa shape index (κ2) is 6.84. The molecule has 0 unspecified atom stereocenters. The largest absolute Gasteiger partial charge is 0.342 e. The van der Waals surface area contributed by atoms with E-state index in [0.29, 0.717) is 11.4 Å². The Morgan fingerprint density at radius 2 is 1.92 bits per heavy atom. The van der Waals surface area contributed by atoms with E-state index in [-0.39, 0.29) is 11.9 Å². The van der Waals surface area contributed by atoms with Gasteiger partial charge in [0.05, 0.1) is 23.1 Å². The lowest BCUT2D eigenvalue weighted by Gasteiger charge is -2.12. The maximum atomic E-state index is 12.6. The van der Waals surface area contributed by atoms with Crippen LogP contribution in [0.2, 0.25) is 0 Å². The van der Waals surface area contributed by atoms with Crippen LogP contribution in [0, 0.1) is 20.8 Å². The third kappa shape index (κ3) is 3.57. The fourth-order valence-electron chi connectivity index (χ4n) is 2.70. The van der Waals surface area contributed by atoms with Gasteiger partial charge >= 0.3 is 0 Å². The number of pyridine rings is 1. The van der Waals surface area contributed by atoms with Gasteiger partial charge in [0.1, 0.15) is 0 Å². The quantitative estimate of drug-likeness (QED) is 0.795. The minimum Gasteiger partial charge on any atom is -0.342 e. The van der Waals surface area contributed by atoms with Crippen LogP contribution >= 0.6 is 0 Å². The number of hydrogen-bond acceptors (Lipinski definition) is 4. The van der Waals surface area contributed by atoms with Gasteiger partial charge in [0, 0.05) is 6.20 Å². The van der Waals surface area contributed by atoms with Crippen molar-refractivity contribution in [3.8, 4) is 5.69 Å². The van der Waals surface area contributed by atoms with Crippen LogP contribution in [0.25, 0.3) is 5.69 Å². The summed E-state index contributed by atoms with van der Waals surface area (Å²) in [6.45, 7) is 7.72. The molecule has 1 aromatic carbocycles. The first kappa shape index (κ1) is 16.8. The number of rotatable bonds is 4. The molecule has 2 heterocycles. The zero-order chi connectivity index (χ0) is 18.0. The van der Waals surface area contributed by atoms with Crippen molar-refractivity contribution in [3.05, 3.63) is 70.8 Å². The Hall–Kier alpha value is -3.02. The Bertz CT molecular complexity index is 901. The minimum atomic E-state index is -0.258. The molecule has 0 spiro atoms. The van der Waals surface area contributed by atoms with Crippen LogP contribution in [-0.2, 0) is 0 Å². The lowest BCUT2D eigenvalue weighted by Crippen LogP contribution is -2.28. The van der Waals surface area contributed by atoms with Crippen molar-refractivity contribution in [3.63, 3.8) is 0 Å². The summed E-state index contributed by atoms with van der Waals surface area (Å²) in [6, 6.07) is 11.4. The SMILES string of the molecule is Cc1ccc(-n2nc(C)c(C(=O)N[C@H](C)c3ccccn3)n2)c(C)c1. The summed E-state index contributed by atoms with van der Waals surface area (Å²) < 4.78 is 0.